The Balaban J connectivity index is 1.78. The number of hydrogen-bond donors (Lipinski definition) is 1. The molecule has 3 rings (SSSR count). The van der Waals surface area contributed by atoms with Crippen molar-refractivity contribution in [2.75, 3.05) is 26.2 Å². The molecule has 6 heteroatoms. The number of aliphatic hydroxyl groups is 1. The Bertz CT molecular complexity index is 723. The minimum Gasteiger partial charge on any atom is -0.396 e. The Morgan fingerprint density at radius 1 is 1.46 bits per heavy atom. The molecule has 3 heterocycles. The number of Topliss-reactive ketones (excluding diaryl/α,β-unsaturated/α-hetero) is 1. The molecule has 0 bridgehead atoms. The first-order valence-corrected chi connectivity index (χ1v) is 9.27. The number of aryl methyl sites for hydroxylation is 1. The van der Waals surface area contributed by atoms with E-state index in [-0.39, 0.29) is 17.8 Å². The van der Waals surface area contributed by atoms with Crippen LogP contribution in [0, 0.1) is 19.3 Å². The summed E-state index contributed by atoms with van der Waals surface area (Å²) in [4.78, 5) is 19.4. The van der Waals surface area contributed by atoms with Gasteiger partial charge in [-0.2, -0.15) is 0 Å². The summed E-state index contributed by atoms with van der Waals surface area (Å²) in [5.74, 6) is 0.146. The van der Waals surface area contributed by atoms with Crippen molar-refractivity contribution in [3.05, 3.63) is 34.6 Å². The van der Waals surface area contributed by atoms with Crippen molar-refractivity contribution in [1.29, 1.82) is 0 Å². The van der Waals surface area contributed by atoms with E-state index in [0.29, 0.717) is 6.54 Å². The molecule has 1 atom stereocenters. The van der Waals surface area contributed by atoms with Crippen LogP contribution in [-0.4, -0.2) is 51.6 Å². The molecule has 2 aromatic heterocycles. The summed E-state index contributed by atoms with van der Waals surface area (Å²) in [6.45, 7) is 8.38. The molecule has 5 nitrogen and oxygen atoms in total. The zero-order valence-electron chi connectivity index (χ0n) is 14.6. The summed E-state index contributed by atoms with van der Waals surface area (Å²) in [6.07, 6.45) is 3.83. The molecular formula is C18H25N3O2S. The summed E-state index contributed by atoms with van der Waals surface area (Å²) in [5.41, 5.74) is 2.68. The van der Waals surface area contributed by atoms with Crippen molar-refractivity contribution in [2.24, 2.45) is 5.41 Å². The van der Waals surface area contributed by atoms with Gasteiger partial charge in [-0.25, -0.2) is 4.98 Å². The van der Waals surface area contributed by atoms with Gasteiger partial charge in [-0.05, 0) is 39.3 Å². The largest absolute Gasteiger partial charge is 0.396 e. The van der Waals surface area contributed by atoms with Crippen LogP contribution in [0.4, 0.5) is 0 Å². The van der Waals surface area contributed by atoms with E-state index in [9.17, 15) is 9.90 Å². The first-order valence-electron chi connectivity index (χ1n) is 8.39. The molecule has 1 aliphatic rings. The second-order valence-electron chi connectivity index (χ2n) is 7.14. The van der Waals surface area contributed by atoms with Crippen LogP contribution in [0.1, 0.15) is 41.5 Å². The van der Waals surface area contributed by atoms with E-state index >= 15 is 0 Å². The first-order chi connectivity index (χ1) is 11.4. The standard InChI is InChI=1S/C18H25N3O2S/c1-13-9-15(14(2)21(13)17-19-6-8-24-17)16(23)10-20-7-4-5-18(3,11-20)12-22/h6,8-9,22H,4-5,7,10-12H2,1-3H3. The smallest absolute Gasteiger partial charge is 0.193 e. The number of thiazole rings is 1. The van der Waals surface area contributed by atoms with E-state index in [0.717, 1.165) is 48.0 Å². The minimum atomic E-state index is -0.0870. The lowest BCUT2D eigenvalue weighted by atomic mass is 9.82. The summed E-state index contributed by atoms with van der Waals surface area (Å²) in [5, 5.41) is 12.4. The van der Waals surface area contributed by atoms with E-state index in [1.165, 1.54) is 0 Å². The summed E-state index contributed by atoms with van der Waals surface area (Å²) in [7, 11) is 0. The summed E-state index contributed by atoms with van der Waals surface area (Å²) in [6, 6.07) is 1.97. The molecule has 1 N–H and O–H groups in total. The number of rotatable bonds is 5. The lowest BCUT2D eigenvalue weighted by Crippen LogP contribution is -2.45. The molecule has 0 radical (unpaired) electrons. The van der Waals surface area contributed by atoms with Gasteiger partial charge in [0.2, 0.25) is 0 Å². The Hall–Kier alpha value is -1.50. The fraction of sp³-hybridized carbons (Fsp3) is 0.556. The van der Waals surface area contributed by atoms with Crippen molar-refractivity contribution in [2.45, 2.75) is 33.6 Å². The van der Waals surface area contributed by atoms with Crippen LogP contribution in [0.5, 0.6) is 0 Å². The van der Waals surface area contributed by atoms with Crippen LogP contribution in [0.3, 0.4) is 0 Å². The molecule has 2 aromatic rings. The van der Waals surface area contributed by atoms with E-state index < -0.39 is 0 Å². The second kappa shape index (κ2) is 6.78. The van der Waals surface area contributed by atoms with Crippen LogP contribution in [-0.2, 0) is 0 Å². The van der Waals surface area contributed by atoms with E-state index in [1.807, 2.05) is 29.9 Å². The van der Waals surface area contributed by atoms with Crippen LogP contribution in [0.2, 0.25) is 0 Å². The minimum absolute atomic E-state index is 0.0870. The molecule has 130 valence electrons. The third kappa shape index (κ3) is 3.31. The maximum atomic E-state index is 12.8. The second-order valence-corrected chi connectivity index (χ2v) is 8.01. The fourth-order valence-corrected chi connectivity index (χ4v) is 4.40. The quantitative estimate of drug-likeness (QED) is 0.845. The van der Waals surface area contributed by atoms with E-state index in [1.54, 1.807) is 17.5 Å². The molecule has 0 spiro atoms. The van der Waals surface area contributed by atoms with Gasteiger partial charge < -0.3 is 5.11 Å². The summed E-state index contributed by atoms with van der Waals surface area (Å²) >= 11 is 1.57. The van der Waals surface area contributed by atoms with Crippen molar-refractivity contribution in [3.63, 3.8) is 0 Å². The molecule has 1 aliphatic heterocycles. The molecular weight excluding hydrogens is 322 g/mol. The van der Waals surface area contributed by atoms with Gasteiger partial charge in [0, 0.05) is 47.1 Å². The van der Waals surface area contributed by atoms with Crippen LogP contribution in [0.15, 0.2) is 17.6 Å². The number of carbonyl (C=O) groups is 1. The van der Waals surface area contributed by atoms with Gasteiger partial charge in [0.15, 0.2) is 10.9 Å². The maximum absolute atomic E-state index is 12.8. The maximum Gasteiger partial charge on any atom is 0.193 e. The van der Waals surface area contributed by atoms with Crippen molar-refractivity contribution in [1.82, 2.24) is 14.5 Å². The van der Waals surface area contributed by atoms with Crippen LogP contribution in [0.25, 0.3) is 5.13 Å². The lowest BCUT2D eigenvalue weighted by Gasteiger charge is -2.39. The predicted molar refractivity (Wildman–Crippen MR) is 96.1 cm³/mol. The van der Waals surface area contributed by atoms with E-state index in [2.05, 4.69) is 16.8 Å². The third-order valence-electron chi connectivity index (χ3n) is 4.95. The highest BCUT2D eigenvalue weighted by molar-refractivity contribution is 7.12. The third-order valence-corrected chi connectivity index (χ3v) is 5.71. The Morgan fingerprint density at radius 3 is 2.92 bits per heavy atom. The molecule has 24 heavy (non-hydrogen) atoms. The van der Waals surface area contributed by atoms with E-state index in [4.69, 9.17) is 0 Å². The van der Waals surface area contributed by atoms with Crippen molar-refractivity contribution < 1.29 is 9.90 Å². The van der Waals surface area contributed by atoms with Crippen molar-refractivity contribution in [3.8, 4) is 5.13 Å². The number of likely N-dealkylation sites (tertiary alicyclic amines) is 1. The Morgan fingerprint density at radius 2 is 2.25 bits per heavy atom. The average molecular weight is 347 g/mol. The van der Waals surface area contributed by atoms with Gasteiger partial charge in [0.05, 0.1) is 6.54 Å². The topological polar surface area (TPSA) is 58.4 Å². The first kappa shape index (κ1) is 17.3. The highest BCUT2D eigenvalue weighted by Gasteiger charge is 2.31. The zero-order valence-corrected chi connectivity index (χ0v) is 15.4. The van der Waals surface area contributed by atoms with Crippen LogP contribution >= 0.6 is 11.3 Å². The molecule has 1 unspecified atom stereocenters. The van der Waals surface area contributed by atoms with Gasteiger partial charge in [0.1, 0.15) is 0 Å². The normalized spacial score (nSPS) is 22.0. The van der Waals surface area contributed by atoms with Gasteiger partial charge in [-0.15, -0.1) is 11.3 Å². The van der Waals surface area contributed by atoms with Gasteiger partial charge in [0.25, 0.3) is 0 Å². The van der Waals surface area contributed by atoms with Gasteiger partial charge >= 0.3 is 0 Å². The molecule has 1 fully saturated rings. The molecule has 1 saturated heterocycles. The zero-order chi connectivity index (χ0) is 17.3. The average Bonchev–Trinajstić information content (AvgIpc) is 3.15. The van der Waals surface area contributed by atoms with Crippen LogP contribution < -0.4 is 0 Å². The predicted octanol–water partition coefficient (Wildman–Crippen LogP) is 2.83. The number of ketones is 1. The fourth-order valence-electron chi connectivity index (χ4n) is 3.65. The van der Waals surface area contributed by atoms with Gasteiger partial charge in [-0.1, -0.05) is 6.92 Å². The monoisotopic (exact) mass is 347 g/mol. The summed E-state index contributed by atoms with van der Waals surface area (Å²) < 4.78 is 2.05. The number of aromatic nitrogens is 2. The molecule has 0 aliphatic carbocycles. The van der Waals surface area contributed by atoms with Crippen molar-refractivity contribution >= 4 is 17.1 Å². The molecule has 0 aromatic carbocycles. The Kier molecular flexibility index (Phi) is 4.90. The molecule has 0 saturated carbocycles. The highest BCUT2D eigenvalue weighted by atomic mass is 32.1. The Labute approximate surface area is 146 Å². The number of nitrogens with zero attached hydrogens (tertiary/aromatic N) is 3. The van der Waals surface area contributed by atoms with Gasteiger partial charge in [-0.3, -0.25) is 14.3 Å². The number of piperidine rings is 1. The number of carbonyl (C=O) groups excluding carboxylic acids is 1. The lowest BCUT2D eigenvalue weighted by molar-refractivity contribution is 0.0445. The number of aliphatic hydroxyl groups excluding tert-OH is 1. The number of hydrogen-bond acceptors (Lipinski definition) is 5. The SMILES string of the molecule is Cc1cc(C(=O)CN2CCCC(C)(CO)C2)c(C)n1-c1nccs1. The highest BCUT2D eigenvalue weighted by Crippen LogP contribution is 2.29. The molecule has 0 amide bonds.